The lowest BCUT2D eigenvalue weighted by Crippen LogP contribution is -2.32. The summed E-state index contributed by atoms with van der Waals surface area (Å²) in [7, 11) is 3.91. The first kappa shape index (κ1) is 19.6. The molecule has 0 unspecified atom stereocenters. The monoisotopic (exact) mass is 407 g/mol. The van der Waals surface area contributed by atoms with Crippen molar-refractivity contribution in [3.8, 4) is 0 Å². The minimum Gasteiger partial charge on any atom is -0.309 e. The van der Waals surface area contributed by atoms with Crippen molar-refractivity contribution in [1.29, 1.82) is 0 Å². The van der Waals surface area contributed by atoms with E-state index < -0.39 is 11.6 Å². The Morgan fingerprint density at radius 2 is 2.07 bits per heavy atom. The van der Waals surface area contributed by atoms with Crippen LogP contribution in [0.1, 0.15) is 11.3 Å². The number of anilines is 1. The molecule has 27 heavy (non-hydrogen) atoms. The van der Waals surface area contributed by atoms with Gasteiger partial charge in [0.2, 0.25) is 0 Å². The Hall–Kier alpha value is -2.16. The Morgan fingerprint density at radius 1 is 1.26 bits per heavy atom. The number of aromatic nitrogens is 1. The zero-order valence-corrected chi connectivity index (χ0v) is 16.6. The number of carbonyl (C=O) groups is 1. The molecule has 0 aliphatic carbocycles. The number of hydrogen-bond donors (Lipinski definition) is 0. The predicted octanol–water partition coefficient (Wildman–Crippen LogP) is 4.63. The van der Waals surface area contributed by atoms with Crippen molar-refractivity contribution in [2.75, 3.05) is 32.1 Å². The molecule has 142 valence electrons. The van der Waals surface area contributed by atoms with Crippen molar-refractivity contribution in [2.24, 2.45) is 0 Å². The van der Waals surface area contributed by atoms with Gasteiger partial charge in [0.05, 0.1) is 4.70 Å². The maximum Gasteiger partial charge on any atom is 0.252 e. The molecular formula is C19H19F2N3OS2. The van der Waals surface area contributed by atoms with Crippen LogP contribution in [-0.2, 0) is 4.79 Å². The summed E-state index contributed by atoms with van der Waals surface area (Å²) in [6.45, 7) is 1.24. The molecule has 8 heteroatoms. The summed E-state index contributed by atoms with van der Waals surface area (Å²) in [4.78, 5) is 21.5. The average Bonchev–Trinajstić information content (AvgIpc) is 3.25. The zero-order chi connectivity index (χ0) is 19.4. The first-order chi connectivity index (χ1) is 12.9. The van der Waals surface area contributed by atoms with Gasteiger partial charge in [-0.1, -0.05) is 17.4 Å². The molecule has 2 heterocycles. The van der Waals surface area contributed by atoms with Crippen LogP contribution in [0.2, 0.25) is 0 Å². The van der Waals surface area contributed by atoms with Gasteiger partial charge in [-0.05, 0) is 50.6 Å². The molecule has 0 bridgehead atoms. The summed E-state index contributed by atoms with van der Waals surface area (Å²) < 4.78 is 27.9. The number of fused-ring (bicyclic) bond motifs is 1. The topological polar surface area (TPSA) is 36.4 Å². The summed E-state index contributed by atoms with van der Waals surface area (Å²) in [6, 6.07) is 5.87. The normalized spacial score (nSPS) is 11.7. The van der Waals surface area contributed by atoms with Gasteiger partial charge in [0.25, 0.3) is 5.91 Å². The highest BCUT2D eigenvalue weighted by Gasteiger charge is 2.19. The molecule has 0 N–H and O–H groups in total. The highest BCUT2D eigenvalue weighted by Crippen LogP contribution is 2.31. The minimum atomic E-state index is -0.720. The van der Waals surface area contributed by atoms with Crippen molar-refractivity contribution < 1.29 is 13.6 Å². The highest BCUT2D eigenvalue weighted by molar-refractivity contribution is 7.22. The third kappa shape index (κ3) is 4.97. The Balaban J connectivity index is 1.88. The van der Waals surface area contributed by atoms with Gasteiger partial charge in [0, 0.05) is 23.6 Å². The fraction of sp³-hybridized carbons (Fsp3) is 0.263. The van der Waals surface area contributed by atoms with Gasteiger partial charge >= 0.3 is 0 Å². The second-order valence-electron chi connectivity index (χ2n) is 6.23. The van der Waals surface area contributed by atoms with Gasteiger partial charge in [-0.3, -0.25) is 9.69 Å². The molecule has 4 nitrogen and oxygen atoms in total. The minimum absolute atomic E-state index is 0.0871. The Kier molecular flexibility index (Phi) is 6.30. The molecule has 0 saturated heterocycles. The van der Waals surface area contributed by atoms with E-state index in [4.69, 9.17) is 0 Å². The van der Waals surface area contributed by atoms with E-state index >= 15 is 0 Å². The average molecular weight is 408 g/mol. The number of thiophene rings is 1. The molecule has 3 aromatic rings. The van der Waals surface area contributed by atoms with Crippen molar-refractivity contribution in [3.63, 3.8) is 0 Å². The van der Waals surface area contributed by atoms with Gasteiger partial charge in [-0.2, -0.15) is 0 Å². The smallest absolute Gasteiger partial charge is 0.252 e. The molecule has 0 aliphatic heterocycles. The van der Waals surface area contributed by atoms with Crippen LogP contribution in [0.25, 0.3) is 16.3 Å². The lowest BCUT2D eigenvalue weighted by atomic mass is 10.3. The summed E-state index contributed by atoms with van der Waals surface area (Å²) in [5.41, 5.74) is 0.0871. The predicted molar refractivity (Wildman–Crippen MR) is 108 cm³/mol. The third-order valence-corrected chi connectivity index (χ3v) is 5.68. The quantitative estimate of drug-likeness (QED) is 0.536. The van der Waals surface area contributed by atoms with Crippen LogP contribution in [0.3, 0.4) is 0 Å². The molecule has 0 fully saturated rings. The van der Waals surface area contributed by atoms with Gasteiger partial charge in [0.15, 0.2) is 10.9 Å². The number of nitrogens with zero attached hydrogens (tertiary/aromatic N) is 3. The van der Waals surface area contributed by atoms with Crippen LogP contribution < -0.4 is 4.90 Å². The fourth-order valence-electron chi connectivity index (χ4n) is 2.54. The van der Waals surface area contributed by atoms with Crippen LogP contribution in [0, 0.1) is 11.6 Å². The number of amides is 1. The van der Waals surface area contributed by atoms with Crippen LogP contribution >= 0.6 is 22.7 Å². The lowest BCUT2D eigenvalue weighted by Gasteiger charge is -2.19. The van der Waals surface area contributed by atoms with Crippen molar-refractivity contribution in [2.45, 2.75) is 6.42 Å². The van der Waals surface area contributed by atoms with E-state index in [1.54, 1.807) is 6.08 Å². The van der Waals surface area contributed by atoms with Gasteiger partial charge in [-0.15, -0.1) is 11.3 Å². The molecule has 1 amide bonds. The number of hydrogen-bond acceptors (Lipinski definition) is 5. The third-order valence-electron chi connectivity index (χ3n) is 3.82. The van der Waals surface area contributed by atoms with Crippen LogP contribution in [0.15, 0.2) is 35.7 Å². The van der Waals surface area contributed by atoms with E-state index in [-0.39, 0.29) is 11.4 Å². The number of thiazole rings is 1. The second-order valence-corrected chi connectivity index (χ2v) is 8.21. The van der Waals surface area contributed by atoms with E-state index in [0.29, 0.717) is 16.4 Å². The van der Waals surface area contributed by atoms with Crippen LogP contribution in [0.5, 0.6) is 0 Å². The zero-order valence-electron chi connectivity index (χ0n) is 15.0. The molecule has 1 aromatic carbocycles. The summed E-state index contributed by atoms with van der Waals surface area (Å²) in [5, 5.41) is 2.30. The van der Waals surface area contributed by atoms with E-state index in [0.717, 1.165) is 35.2 Å². The molecule has 0 spiro atoms. The first-order valence-electron chi connectivity index (χ1n) is 8.37. The molecule has 0 radical (unpaired) electrons. The molecular weight excluding hydrogens is 388 g/mol. The van der Waals surface area contributed by atoms with Crippen molar-refractivity contribution >= 4 is 50.0 Å². The first-order valence-corrected chi connectivity index (χ1v) is 10.1. The highest BCUT2D eigenvalue weighted by atomic mass is 32.1. The Bertz CT molecular complexity index is 951. The van der Waals surface area contributed by atoms with Gasteiger partial charge < -0.3 is 4.90 Å². The molecule has 0 atom stereocenters. The summed E-state index contributed by atoms with van der Waals surface area (Å²) >= 11 is 2.65. The van der Waals surface area contributed by atoms with Gasteiger partial charge in [-0.25, -0.2) is 13.8 Å². The van der Waals surface area contributed by atoms with E-state index in [1.807, 2.05) is 36.5 Å². The Labute approximate surface area is 164 Å². The maximum absolute atomic E-state index is 14.0. The van der Waals surface area contributed by atoms with Crippen molar-refractivity contribution in [3.05, 3.63) is 52.2 Å². The van der Waals surface area contributed by atoms with E-state index in [1.165, 1.54) is 28.4 Å². The second kappa shape index (κ2) is 8.69. The van der Waals surface area contributed by atoms with E-state index in [2.05, 4.69) is 4.98 Å². The molecule has 0 aliphatic rings. The SMILES string of the molecule is CN(C)CCCN(C(=O)C=Cc1cccs1)c1nc2c(F)cc(F)cc2s1. The summed E-state index contributed by atoms with van der Waals surface area (Å²) in [6.07, 6.45) is 3.97. The number of rotatable bonds is 7. The Morgan fingerprint density at radius 3 is 2.78 bits per heavy atom. The standard InChI is InChI=1S/C19H19F2N3OS2/c1-23(2)8-4-9-24(17(25)7-6-14-5-3-10-26-14)19-22-18-15(21)11-13(20)12-16(18)27-19/h3,5-7,10-12H,4,8-9H2,1-2H3. The molecule has 0 saturated carbocycles. The van der Waals surface area contributed by atoms with Crippen LogP contribution in [0.4, 0.5) is 13.9 Å². The molecule has 3 rings (SSSR count). The lowest BCUT2D eigenvalue weighted by molar-refractivity contribution is -0.114. The summed E-state index contributed by atoms with van der Waals surface area (Å²) in [5.74, 6) is -1.61. The molecule has 2 aromatic heterocycles. The number of benzene rings is 1. The van der Waals surface area contributed by atoms with Crippen molar-refractivity contribution in [1.82, 2.24) is 9.88 Å². The van der Waals surface area contributed by atoms with Crippen LogP contribution in [-0.4, -0.2) is 43.0 Å². The largest absolute Gasteiger partial charge is 0.309 e. The van der Waals surface area contributed by atoms with E-state index in [9.17, 15) is 13.6 Å². The number of carbonyl (C=O) groups excluding carboxylic acids is 1. The maximum atomic E-state index is 14.0. The number of halogens is 2. The van der Waals surface area contributed by atoms with Gasteiger partial charge in [0.1, 0.15) is 11.3 Å². The fourth-order valence-corrected chi connectivity index (χ4v) is 4.19.